The van der Waals surface area contributed by atoms with Gasteiger partial charge in [0.1, 0.15) is 0 Å². The number of hydrogen-bond acceptors (Lipinski definition) is 0. The van der Waals surface area contributed by atoms with Gasteiger partial charge in [0, 0.05) is 0 Å². The van der Waals surface area contributed by atoms with Crippen LogP contribution >= 0.6 is 17.0 Å². The van der Waals surface area contributed by atoms with Crippen LogP contribution in [0.3, 0.4) is 0 Å². The molecule has 0 amide bonds. The van der Waals surface area contributed by atoms with E-state index in [1.54, 1.807) is 0 Å². The summed E-state index contributed by atoms with van der Waals surface area (Å²) in [5.74, 6) is 0. The van der Waals surface area contributed by atoms with Crippen molar-refractivity contribution < 1.29 is 17.0 Å². The van der Waals surface area contributed by atoms with E-state index in [4.69, 9.17) is 0 Å². The molecule has 0 bridgehead atoms. The molecule has 0 radical (unpaired) electrons. The van der Waals surface area contributed by atoms with Gasteiger partial charge in [-0.2, -0.15) is 13.3 Å². The fourth-order valence-corrected chi connectivity index (χ4v) is 0.598. The molecule has 0 nitrogen and oxygen atoms in total. The Kier molecular flexibility index (Phi) is 50.7. The molecule has 3 heteroatoms. The standard InChI is InChI=1S/C7H15.2BrH.Mg/c1-3-5-7-6-4-2;;;/h3H,4-7H2,1-2H3;2*1H;/q-1;;;+2/p-1. The molecule has 0 aliphatic carbocycles. The molecule has 0 spiro atoms. The minimum absolute atomic E-state index is 0. The van der Waals surface area contributed by atoms with Crippen LogP contribution in [0.15, 0.2) is 0 Å². The Labute approximate surface area is 102 Å². The third-order valence-electron chi connectivity index (χ3n) is 1.10. The summed E-state index contributed by atoms with van der Waals surface area (Å²) in [4.78, 5) is 0. The van der Waals surface area contributed by atoms with Crippen LogP contribution in [0.25, 0.3) is 0 Å². The quantitative estimate of drug-likeness (QED) is 0.387. The SMILES string of the molecule is Br.C[CH-]CCCCC.[Br-].[Mg+2]. The second kappa shape index (κ2) is 22.4. The van der Waals surface area contributed by atoms with Crippen molar-refractivity contribution in [3.63, 3.8) is 0 Å². The number of unbranched alkanes of at least 4 members (excludes halogenated alkanes) is 4. The molecule has 0 heterocycles. The van der Waals surface area contributed by atoms with Crippen molar-refractivity contribution >= 4 is 40.0 Å². The summed E-state index contributed by atoms with van der Waals surface area (Å²) in [6.07, 6.45) is 7.65. The number of halogens is 2. The van der Waals surface area contributed by atoms with Crippen LogP contribution in [0, 0.1) is 6.42 Å². The molecule has 60 valence electrons. The van der Waals surface area contributed by atoms with Crippen molar-refractivity contribution in [2.75, 3.05) is 0 Å². The van der Waals surface area contributed by atoms with E-state index in [0.29, 0.717) is 0 Å². The summed E-state index contributed by atoms with van der Waals surface area (Å²) >= 11 is 0. The Hall–Kier alpha value is 1.73. The van der Waals surface area contributed by atoms with Gasteiger partial charge < -0.3 is 23.4 Å². The second-order valence-electron chi connectivity index (χ2n) is 1.90. The van der Waals surface area contributed by atoms with Crippen LogP contribution in [0.5, 0.6) is 0 Å². The largest absolute Gasteiger partial charge is 2.00 e. The van der Waals surface area contributed by atoms with Gasteiger partial charge in [0.25, 0.3) is 0 Å². The van der Waals surface area contributed by atoms with Crippen molar-refractivity contribution in [1.82, 2.24) is 0 Å². The molecule has 0 unspecified atom stereocenters. The predicted molar refractivity (Wildman–Crippen MR) is 50.2 cm³/mol. The Morgan fingerprint density at radius 3 is 2.00 bits per heavy atom. The maximum atomic E-state index is 2.23. The van der Waals surface area contributed by atoms with Crippen molar-refractivity contribution in [3.05, 3.63) is 6.42 Å². The second-order valence-corrected chi connectivity index (χ2v) is 1.90. The van der Waals surface area contributed by atoms with Gasteiger partial charge in [0.2, 0.25) is 0 Å². The summed E-state index contributed by atoms with van der Waals surface area (Å²) in [7, 11) is 0. The van der Waals surface area contributed by atoms with E-state index in [9.17, 15) is 0 Å². The van der Waals surface area contributed by atoms with E-state index >= 15 is 0 Å². The first kappa shape index (κ1) is 22.6. The fraction of sp³-hybridized carbons (Fsp3) is 0.857. The summed E-state index contributed by atoms with van der Waals surface area (Å²) in [6.45, 7) is 4.35. The van der Waals surface area contributed by atoms with Gasteiger partial charge >= 0.3 is 23.1 Å². The normalized spacial score (nSPS) is 6.60. The van der Waals surface area contributed by atoms with Gasteiger partial charge in [-0.1, -0.05) is 26.2 Å². The number of hydrogen-bond donors (Lipinski definition) is 0. The minimum atomic E-state index is 0. The molecule has 0 aliphatic heterocycles. The zero-order valence-corrected chi connectivity index (χ0v) is 11.6. The molecular weight excluding hydrogens is 268 g/mol. The first-order valence-corrected chi connectivity index (χ1v) is 3.19. The molecule has 0 aromatic rings. The molecule has 0 aliphatic rings. The molecule has 0 saturated carbocycles. The Bertz CT molecular complexity index is 30.8. The molecule has 0 fully saturated rings. The average Bonchev–Trinajstić information content (AvgIpc) is 1.69. The van der Waals surface area contributed by atoms with Crippen LogP contribution < -0.4 is 17.0 Å². The van der Waals surface area contributed by atoms with Crippen molar-refractivity contribution in [1.29, 1.82) is 0 Å². The van der Waals surface area contributed by atoms with Crippen LogP contribution in [-0.2, 0) is 0 Å². The van der Waals surface area contributed by atoms with E-state index in [1.165, 1.54) is 25.7 Å². The molecule has 10 heavy (non-hydrogen) atoms. The Balaban J connectivity index is -0.0000000600. The average molecular weight is 284 g/mol. The van der Waals surface area contributed by atoms with Crippen molar-refractivity contribution in [2.45, 2.75) is 39.5 Å². The molecular formula is C7H16Br2Mg. The summed E-state index contributed by atoms with van der Waals surface area (Å²) < 4.78 is 0. The smallest absolute Gasteiger partial charge is 1.00 e. The van der Waals surface area contributed by atoms with Crippen molar-refractivity contribution in [2.24, 2.45) is 0 Å². The molecule has 0 N–H and O–H groups in total. The fourth-order valence-electron chi connectivity index (χ4n) is 0.598. The maximum absolute atomic E-state index is 2.23. The van der Waals surface area contributed by atoms with E-state index < -0.39 is 0 Å². The van der Waals surface area contributed by atoms with Gasteiger partial charge in [0.05, 0.1) is 0 Å². The molecule has 0 atom stereocenters. The van der Waals surface area contributed by atoms with Crippen LogP contribution in [0.4, 0.5) is 0 Å². The summed E-state index contributed by atoms with van der Waals surface area (Å²) in [5, 5.41) is 0. The molecule has 0 aromatic heterocycles. The predicted octanol–water partition coefficient (Wildman–Crippen LogP) is -0.00801. The van der Waals surface area contributed by atoms with E-state index in [0.717, 1.165) is 0 Å². The van der Waals surface area contributed by atoms with Crippen molar-refractivity contribution in [3.8, 4) is 0 Å². The van der Waals surface area contributed by atoms with E-state index in [1.807, 2.05) is 0 Å². The van der Waals surface area contributed by atoms with Gasteiger partial charge in [0.15, 0.2) is 0 Å². The van der Waals surface area contributed by atoms with Crippen LogP contribution in [0.1, 0.15) is 39.5 Å². The zero-order valence-electron chi connectivity index (χ0n) is 6.90. The topological polar surface area (TPSA) is 0 Å². The molecule has 0 aromatic carbocycles. The first-order valence-electron chi connectivity index (χ1n) is 3.19. The summed E-state index contributed by atoms with van der Waals surface area (Å²) in [5.41, 5.74) is 0. The number of rotatable bonds is 4. The van der Waals surface area contributed by atoms with Gasteiger partial charge in [-0.3, -0.25) is 0 Å². The third-order valence-corrected chi connectivity index (χ3v) is 1.10. The minimum Gasteiger partial charge on any atom is -1.00 e. The van der Waals surface area contributed by atoms with E-state index in [2.05, 4.69) is 20.3 Å². The monoisotopic (exact) mass is 282 g/mol. The van der Waals surface area contributed by atoms with Gasteiger partial charge in [-0.25, -0.2) is 0 Å². The first-order chi connectivity index (χ1) is 3.41. The third kappa shape index (κ3) is 22.6. The van der Waals surface area contributed by atoms with Gasteiger partial charge in [-0.05, 0) is 0 Å². The molecule has 0 saturated heterocycles. The van der Waals surface area contributed by atoms with E-state index in [-0.39, 0.29) is 57.0 Å². The van der Waals surface area contributed by atoms with Crippen LogP contribution in [-0.4, -0.2) is 23.1 Å². The van der Waals surface area contributed by atoms with Gasteiger partial charge in [-0.15, -0.1) is 17.0 Å². The van der Waals surface area contributed by atoms with Crippen LogP contribution in [0.2, 0.25) is 0 Å². The Morgan fingerprint density at radius 1 is 1.20 bits per heavy atom. The molecule has 0 rings (SSSR count). The zero-order chi connectivity index (χ0) is 5.54. The Morgan fingerprint density at radius 2 is 1.70 bits per heavy atom. The maximum Gasteiger partial charge on any atom is 2.00 e. The summed E-state index contributed by atoms with van der Waals surface area (Å²) in [6, 6.07) is 0.